The topological polar surface area (TPSA) is 12.0 Å². The van der Waals surface area contributed by atoms with E-state index in [1.807, 2.05) is 0 Å². The molecule has 0 saturated carbocycles. The molecule has 0 spiro atoms. The van der Waals surface area contributed by atoms with Gasteiger partial charge in [-0.1, -0.05) is 32.9 Å². The van der Waals surface area contributed by atoms with Gasteiger partial charge >= 0.3 is 0 Å². The largest absolute Gasteiger partial charge is 0.316 e. The summed E-state index contributed by atoms with van der Waals surface area (Å²) >= 11 is 0. The molecule has 114 valence electrons. The van der Waals surface area contributed by atoms with Crippen LogP contribution in [0.25, 0.3) is 0 Å². The van der Waals surface area contributed by atoms with Gasteiger partial charge in [0.1, 0.15) is 0 Å². The SMILES string of the molecule is CCC(C)C1=CCCC=C1C(C)CCC1CCCNC1. The maximum Gasteiger partial charge on any atom is -0.00205 e. The predicted octanol–water partition coefficient (Wildman–Crippen LogP) is 5.10. The molecule has 0 aromatic rings. The van der Waals surface area contributed by atoms with Crippen LogP contribution < -0.4 is 5.32 Å². The highest BCUT2D eigenvalue weighted by molar-refractivity contribution is 5.36. The lowest BCUT2D eigenvalue weighted by Gasteiger charge is -2.28. The molecule has 0 aromatic carbocycles. The highest BCUT2D eigenvalue weighted by Gasteiger charge is 2.21. The Bertz CT molecular complexity index is 347. The van der Waals surface area contributed by atoms with Crippen LogP contribution in [-0.2, 0) is 0 Å². The van der Waals surface area contributed by atoms with E-state index in [0.29, 0.717) is 0 Å². The zero-order valence-electron chi connectivity index (χ0n) is 13.8. The predicted molar refractivity (Wildman–Crippen MR) is 88.8 cm³/mol. The fraction of sp³-hybridized carbons (Fsp3) is 0.789. The van der Waals surface area contributed by atoms with Crippen LogP contribution in [0.2, 0.25) is 0 Å². The Balaban J connectivity index is 1.88. The van der Waals surface area contributed by atoms with Gasteiger partial charge in [0.05, 0.1) is 0 Å². The molecule has 1 nitrogen and oxygen atoms in total. The highest BCUT2D eigenvalue weighted by Crippen LogP contribution is 2.35. The van der Waals surface area contributed by atoms with Gasteiger partial charge in [0, 0.05) is 0 Å². The number of allylic oxidation sites excluding steroid dienone is 4. The second-order valence-corrected chi connectivity index (χ2v) is 6.90. The first-order valence-electron chi connectivity index (χ1n) is 8.83. The summed E-state index contributed by atoms with van der Waals surface area (Å²) in [5.41, 5.74) is 3.34. The van der Waals surface area contributed by atoms with Gasteiger partial charge in [-0.15, -0.1) is 0 Å². The summed E-state index contributed by atoms with van der Waals surface area (Å²) in [6, 6.07) is 0. The van der Waals surface area contributed by atoms with Crippen molar-refractivity contribution in [3.8, 4) is 0 Å². The van der Waals surface area contributed by atoms with Crippen LogP contribution in [0.15, 0.2) is 23.3 Å². The number of hydrogen-bond acceptors (Lipinski definition) is 1. The summed E-state index contributed by atoms with van der Waals surface area (Å²) in [6.07, 6.45) is 14.4. The van der Waals surface area contributed by atoms with Gasteiger partial charge in [-0.25, -0.2) is 0 Å². The highest BCUT2D eigenvalue weighted by atomic mass is 14.9. The van der Waals surface area contributed by atoms with Gasteiger partial charge in [-0.05, 0) is 86.9 Å². The van der Waals surface area contributed by atoms with Crippen LogP contribution in [0.3, 0.4) is 0 Å². The molecule has 0 bridgehead atoms. The molecule has 20 heavy (non-hydrogen) atoms. The molecule has 1 heteroatoms. The third-order valence-electron chi connectivity index (χ3n) is 5.31. The Morgan fingerprint density at radius 2 is 1.85 bits per heavy atom. The molecule has 1 fully saturated rings. The van der Waals surface area contributed by atoms with Crippen molar-refractivity contribution < 1.29 is 0 Å². The van der Waals surface area contributed by atoms with Crippen molar-refractivity contribution >= 4 is 0 Å². The van der Waals surface area contributed by atoms with E-state index < -0.39 is 0 Å². The first-order valence-corrected chi connectivity index (χ1v) is 8.83. The molecule has 0 aromatic heterocycles. The van der Waals surface area contributed by atoms with Crippen LogP contribution in [0, 0.1) is 17.8 Å². The third kappa shape index (κ3) is 4.22. The zero-order chi connectivity index (χ0) is 14.4. The Kier molecular flexibility index (Phi) is 6.35. The van der Waals surface area contributed by atoms with E-state index in [9.17, 15) is 0 Å². The lowest BCUT2D eigenvalue weighted by Crippen LogP contribution is -2.30. The Labute approximate surface area is 125 Å². The smallest absolute Gasteiger partial charge is 0.00205 e. The molecule has 2 aliphatic rings. The molecule has 3 atom stereocenters. The lowest BCUT2D eigenvalue weighted by atomic mass is 9.79. The summed E-state index contributed by atoms with van der Waals surface area (Å²) in [6.45, 7) is 9.64. The molecular weight excluding hydrogens is 242 g/mol. The van der Waals surface area contributed by atoms with Crippen molar-refractivity contribution in [3.63, 3.8) is 0 Å². The molecule has 1 saturated heterocycles. The second kappa shape index (κ2) is 8.02. The molecule has 1 heterocycles. The van der Waals surface area contributed by atoms with E-state index >= 15 is 0 Å². The normalized spacial score (nSPS) is 26.6. The standard InChI is InChI=1S/C19H33N/c1-4-15(2)18-9-5-6-10-19(18)16(3)11-12-17-8-7-13-20-14-17/h9-10,15-17,20H,4-8,11-14H2,1-3H3. The van der Waals surface area contributed by atoms with Gasteiger partial charge in [0.25, 0.3) is 0 Å². The minimum atomic E-state index is 0.736. The van der Waals surface area contributed by atoms with Crippen LogP contribution in [0.5, 0.6) is 0 Å². The Morgan fingerprint density at radius 1 is 1.15 bits per heavy atom. The fourth-order valence-corrected chi connectivity index (χ4v) is 3.72. The molecule has 1 aliphatic carbocycles. The van der Waals surface area contributed by atoms with Crippen molar-refractivity contribution in [1.29, 1.82) is 0 Å². The first kappa shape index (κ1) is 15.8. The quantitative estimate of drug-likeness (QED) is 0.711. The summed E-state index contributed by atoms with van der Waals surface area (Å²) in [5.74, 6) is 2.41. The molecule has 3 unspecified atom stereocenters. The summed E-state index contributed by atoms with van der Waals surface area (Å²) < 4.78 is 0. The third-order valence-corrected chi connectivity index (χ3v) is 5.31. The van der Waals surface area contributed by atoms with Crippen molar-refractivity contribution in [1.82, 2.24) is 5.32 Å². The monoisotopic (exact) mass is 275 g/mol. The Morgan fingerprint density at radius 3 is 2.45 bits per heavy atom. The zero-order valence-corrected chi connectivity index (χ0v) is 13.8. The number of nitrogens with one attached hydrogen (secondary N) is 1. The summed E-state index contributed by atoms with van der Waals surface area (Å²) in [5, 5.41) is 3.55. The van der Waals surface area contributed by atoms with Crippen molar-refractivity contribution in [3.05, 3.63) is 23.3 Å². The van der Waals surface area contributed by atoms with E-state index in [1.165, 1.54) is 58.0 Å². The number of hydrogen-bond donors (Lipinski definition) is 1. The average molecular weight is 275 g/mol. The average Bonchev–Trinajstić information content (AvgIpc) is 2.52. The second-order valence-electron chi connectivity index (χ2n) is 6.90. The van der Waals surface area contributed by atoms with Gasteiger partial charge < -0.3 is 5.32 Å². The Hall–Kier alpha value is -0.560. The minimum Gasteiger partial charge on any atom is -0.316 e. The van der Waals surface area contributed by atoms with E-state index in [1.54, 1.807) is 11.1 Å². The number of piperidine rings is 1. The van der Waals surface area contributed by atoms with Crippen LogP contribution in [0.4, 0.5) is 0 Å². The number of rotatable bonds is 6. The lowest BCUT2D eigenvalue weighted by molar-refractivity contribution is 0.337. The molecule has 2 rings (SSSR count). The summed E-state index contributed by atoms with van der Waals surface area (Å²) in [7, 11) is 0. The van der Waals surface area contributed by atoms with E-state index in [-0.39, 0.29) is 0 Å². The van der Waals surface area contributed by atoms with Gasteiger partial charge in [-0.2, -0.15) is 0 Å². The van der Waals surface area contributed by atoms with Crippen molar-refractivity contribution in [2.24, 2.45) is 17.8 Å². The van der Waals surface area contributed by atoms with E-state index in [4.69, 9.17) is 0 Å². The van der Waals surface area contributed by atoms with Gasteiger partial charge in [0.2, 0.25) is 0 Å². The van der Waals surface area contributed by atoms with Crippen LogP contribution in [0.1, 0.15) is 65.7 Å². The van der Waals surface area contributed by atoms with Gasteiger partial charge in [-0.3, -0.25) is 0 Å². The maximum atomic E-state index is 3.55. The van der Waals surface area contributed by atoms with Gasteiger partial charge in [0.15, 0.2) is 0 Å². The van der Waals surface area contributed by atoms with Crippen molar-refractivity contribution in [2.75, 3.05) is 13.1 Å². The maximum absolute atomic E-state index is 3.55. The van der Waals surface area contributed by atoms with Crippen LogP contribution >= 0.6 is 0 Å². The van der Waals surface area contributed by atoms with Crippen molar-refractivity contribution in [2.45, 2.75) is 65.7 Å². The van der Waals surface area contributed by atoms with E-state index in [0.717, 1.165) is 17.8 Å². The molecule has 1 aliphatic heterocycles. The van der Waals surface area contributed by atoms with Crippen LogP contribution in [-0.4, -0.2) is 13.1 Å². The molecular formula is C19H33N. The minimum absolute atomic E-state index is 0.736. The first-order chi connectivity index (χ1) is 9.72. The van der Waals surface area contributed by atoms with E-state index in [2.05, 4.69) is 38.2 Å². The molecule has 0 amide bonds. The molecule has 1 N–H and O–H groups in total. The molecule has 0 radical (unpaired) electrons. The fourth-order valence-electron chi connectivity index (χ4n) is 3.72. The summed E-state index contributed by atoms with van der Waals surface area (Å²) in [4.78, 5) is 0.